The maximum absolute atomic E-state index is 12.8. The molecule has 0 N–H and O–H groups in total. The zero-order valence-electron chi connectivity index (χ0n) is 17.6. The predicted molar refractivity (Wildman–Crippen MR) is 125 cm³/mol. The average molecular weight is 461 g/mol. The van der Waals surface area contributed by atoms with Crippen molar-refractivity contribution in [2.75, 3.05) is 18.8 Å². The molecular weight excluding hydrogens is 442 g/mol. The third-order valence-corrected chi connectivity index (χ3v) is 5.99. The van der Waals surface area contributed by atoms with E-state index < -0.39 is 0 Å². The lowest BCUT2D eigenvalue weighted by Gasteiger charge is -2.12. The second kappa shape index (κ2) is 8.91. The van der Waals surface area contributed by atoms with E-state index in [-0.39, 0.29) is 17.9 Å². The van der Waals surface area contributed by atoms with Gasteiger partial charge in [-0.25, -0.2) is 4.90 Å². The summed E-state index contributed by atoms with van der Waals surface area (Å²) in [6.45, 7) is 0.544. The van der Waals surface area contributed by atoms with Crippen molar-refractivity contribution >= 4 is 34.7 Å². The molecule has 2 amide bonds. The van der Waals surface area contributed by atoms with Crippen molar-refractivity contribution in [3.05, 3.63) is 82.8 Å². The van der Waals surface area contributed by atoms with Gasteiger partial charge >= 0.3 is 0 Å². The SMILES string of the molecule is COc1cc(/C=C2\SC(=O)N(c3ccccc3)C2=O)ccc1OCc1ccc2c(c1)OCO2. The van der Waals surface area contributed by atoms with Gasteiger partial charge < -0.3 is 18.9 Å². The minimum absolute atomic E-state index is 0.222. The van der Waals surface area contributed by atoms with Crippen molar-refractivity contribution in [3.8, 4) is 23.0 Å². The van der Waals surface area contributed by atoms with E-state index in [0.717, 1.165) is 28.6 Å². The van der Waals surface area contributed by atoms with Gasteiger partial charge in [-0.2, -0.15) is 0 Å². The zero-order valence-corrected chi connectivity index (χ0v) is 18.5. The first-order valence-corrected chi connectivity index (χ1v) is 11.0. The van der Waals surface area contributed by atoms with Crippen LogP contribution in [0.5, 0.6) is 23.0 Å². The molecule has 0 unspecified atom stereocenters. The molecule has 0 saturated carbocycles. The highest BCUT2D eigenvalue weighted by Gasteiger charge is 2.36. The van der Waals surface area contributed by atoms with Crippen LogP contribution in [-0.2, 0) is 11.4 Å². The first-order chi connectivity index (χ1) is 16.1. The molecular formula is C25H19NO6S. The molecule has 7 nitrogen and oxygen atoms in total. The summed E-state index contributed by atoms with van der Waals surface area (Å²) in [4.78, 5) is 26.8. The number of imide groups is 1. The predicted octanol–water partition coefficient (Wildman–Crippen LogP) is 5.24. The quantitative estimate of drug-likeness (QED) is 0.465. The summed E-state index contributed by atoms with van der Waals surface area (Å²) in [5.41, 5.74) is 2.20. The van der Waals surface area contributed by atoms with Crippen molar-refractivity contribution in [2.24, 2.45) is 0 Å². The lowest BCUT2D eigenvalue weighted by Crippen LogP contribution is -2.27. The Hall–Kier alpha value is -3.91. The Morgan fingerprint density at radius 3 is 2.61 bits per heavy atom. The Morgan fingerprint density at radius 1 is 0.970 bits per heavy atom. The number of hydrogen-bond acceptors (Lipinski definition) is 7. The first-order valence-electron chi connectivity index (χ1n) is 10.1. The van der Waals surface area contributed by atoms with Crippen LogP contribution in [0.2, 0.25) is 0 Å². The number of anilines is 1. The lowest BCUT2D eigenvalue weighted by atomic mass is 10.1. The van der Waals surface area contributed by atoms with Gasteiger partial charge in [-0.15, -0.1) is 0 Å². The summed E-state index contributed by atoms with van der Waals surface area (Å²) < 4.78 is 22.1. The molecule has 2 aliphatic heterocycles. The number of methoxy groups -OCH3 is 1. The van der Waals surface area contributed by atoms with Gasteiger partial charge in [-0.05, 0) is 65.4 Å². The fraction of sp³-hybridized carbons (Fsp3) is 0.120. The molecule has 3 aromatic carbocycles. The summed E-state index contributed by atoms with van der Waals surface area (Å²) >= 11 is 0.911. The second-order valence-electron chi connectivity index (χ2n) is 7.24. The minimum Gasteiger partial charge on any atom is -0.493 e. The number of para-hydroxylation sites is 1. The van der Waals surface area contributed by atoms with Gasteiger partial charge in [-0.3, -0.25) is 9.59 Å². The average Bonchev–Trinajstić information content (AvgIpc) is 3.41. The monoisotopic (exact) mass is 461 g/mol. The van der Waals surface area contributed by atoms with Gasteiger partial charge in [0.05, 0.1) is 17.7 Å². The van der Waals surface area contributed by atoms with Crippen LogP contribution in [0.3, 0.4) is 0 Å². The smallest absolute Gasteiger partial charge is 0.298 e. The Balaban J connectivity index is 1.32. The Labute approximate surface area is 194 Å². The van der Waals surface area contributed by atoms with E-state index in [1.54, 1.807) is 49.6 Å². The van der Waals surface area contributed by atoms with Crippen molar-refractivity contribution in [3.63, 3.8) is 0 Å². The summed E-state index contributed by atoms with van der Waals surface area (Å²) in [5.74, 6) is 2.15. The molecule has 5 rings (SSSR count). The van der Waals surface area contributed by atoms with Crippen molar-refractivity contribution in [1.29, 1.82) is 0 Å². The molecule has 166 valence electrons. The van der Waals surface area contributed by atoms with Crippen LogP contribution in [0.25, 0.3) is 6.08 Å². The van der Waals surface area contributed by atoms with Crippen LogP contribution in [-0.4, -0.2) is 25.0 Å². The van der Waals surface area contributed by atoms with Crippen LogP contribution in [0.1, 0.15) is 11.1 Å². The highest BCUT2D eigenvalue weighted by atomic mass is 32.2. The third-order valence-electron chi connectivity index (χ3n) is 5.12. The van der Waals surface area contributed by atoms with E-state index in [9.17, 15) is 9.59 Å². The van der Waals surface area contributed by atoms with Gasteiger partial charge in [0.2, 0.25) is 6.79 Å². The van der Waals surface area contributed by atoms with Crippen LogP contribution < -0.4 is 23.8 Å². The van der Waals surface area contributed by atoms with Crippen molar-refractivity contribution < 1.29 is 28.5 Å². The maximum Gasteiger partial charge on any atom is 0.298 e. The lowest BCUT2D eigenvalue weighted by molar-refractivity contribution is -0.113. The summed E-state index contributed by atoms with van der Waals surface area (Å²) in [7, 11) is 1.55. The number of hydrogen-bond donors (Lipinski definition) is 0. The van der Waals surface area contributed by atoms with Gasteiger partial charge in [-0.1, -0.05) is 30.3 Å². The standard InChI is InChI=1S/C25H19NO6S/c1-29-21-11-16(13-23-24(27)26(25(28)33-23)18-5-3-2-4-6-18)7-9-19(21)30-14-17-8-10-20-22(12-17)32-15-31-20/h2-13H,14-15H2,1H3/b23-13-. The van der Waals surface area contributed by atoms with Crippen molar-refractivity contribution in [2.45, 2.75) is 6.61 Å². The number of thioether (sulfide) groups is 1. The van der Waals surface area contributed by atoms with Gasteiger partial charge in [0.15, 0.2) is 23.0 Å². The Kier molecular flexibility index (Phi) is 5.66. The molecule has 0 spiro atoms. The van der Waals surface area contributed by atoms with E-state index in [1.165, 1.54) is 4.90 Å². The summed E-state index contributed by atoms with van der Waals surface area (Å²) in [5, 5.41) is -0.326. The molecule has 0 aliphatic carbocycles. The first kappa shape index (κ1) is 21.0. The number of fused-ring (bicyclic) bond motifs is 1. The van der Waals surface area contributed by atoms with E-state index >= 15 is 0 Å². The van der Waals surface area contributed by atoms with E-state index in [1.807, 2.05) is 30.3 Å². The summed E-state index contributed by atoms with van der Waals surface area (Å²) in [6.07, 6.45) is 1.68. The third kappa shape index (κ3) is 4.25. The maximum atomic E-state index is 12.8. The second-order valence-corrected chi connectivity index (χ2v) is 8.23. The summed E-state index contributed by atoms with van der Waals surface area (Å²) in [6, 6.07) is 19.9. The molecule has 0 aromatic heterocycles. The van der Waals surface area contributed by atoms with Crippen LogP contribution >= 0.6 is 11.8 Å². The number of carbonyl (C=O) groups excluding carboxylic acids is 2. The van der Waals surface area contributed by atoms with Gasteiger partial charge in [0, 0.05) is 0 Å². The minimum atomic E-state index is -0.349. The fourth-order valence-electron chi connectivity index (χ4n) is 3.50. The van der Waals surface area contributed by atoms with E-state index in [2.05, 4.69) is 0 Å². The largest absolute Gasteiger partial charge is 0.493 e. The highest BCUT2D eigenvalue weighted by molar-refractivity contribution is 8.19. The van der Waals surface area contributed by atoms with E-state index in [4.69, 9.17) is 18.9 Å². The molecule has 3 aromatic rings. The number of amides is 2. The topological polar surface area (TPSA) is 74.3 Å². The number of benzene rings is 3. The number of ether oxygens (including phenoxy) is 4. The molecule has 0 bridgehead atoms. The van der Waals surface area contributed by atoms with Gasteiger partial charge in [0.25, 0.3) is 11.1 Å². The number of carbonyl (C=O) groups is 2. The number of rotatable bonds is 6. The molecule has 33 heavy (non-hydrogen) atoms. The van der Waals surface area contributed by atoms with E-state index in [0.29, 0.717) is 34.4 Å². The number of nitrogens with zero attached hydrogens (tertiary/aromatic N) is 1. The molecule has 8 heteroatoms. The zero-order chi connectivity index (χ0) is 22.8. The van der Waals surface area contributed by atoms with Crippen LogP contribution in [0.4, 0.5) is 10.5 Å². The van der Waals surface area contributed by atoms with Crippen LogP contribution in [0, 0.1) is 0 Å². The molecule has 0 atom stereocenters. The fourth-order valence-corrected chi connectivity index (χ4v) is 4.35. The molecule has 2 heterocycles. The van der Waals surface area contributed by atoms with Crippen molar-refractivity contribution in [1.82, 2.24) is 0 Å². The Morgan fingerprint density at radius 2 is 1.79 bits per heavy atom. The molecule has 2 aliphatic rings. The molecule has 1 fully saturated rings. The molecule has 1 saturated heterocycles. The van der Waals surface area contributed by atoms with Crippen LogP contribution in [0.15, 0.2) is 71.6 Å². The Bertz CT molecular complexity index is 1260. The van der Waals surface area contributed by atoms with Gasteiger partial charge in [0.1, 0.15) is 6.61 Å². The highest BCUT2D eigenvalue weighted by Crippen LogP contribution is 2.37. The normalized spacial score (nSPS) is 15.9. The molecule has 0 radical (unpaired) electrons.